The summed E-state index contributed by atoms with van der Waals surface area (Å²) in [5.41, 5.74) is -1.39. The number of aliphatic hydroxyl groups excluding tert-OH is 1. The molecule has 9 heteroatoms. The predicted molar refractivity (Wildman–Crippen MR) is 78.5 cm³/mol. The Kier molecular flexibility index (Phi) is 3.81. The molecule has 22 heavy (non-hydrogen) atoms. The molecule has 1 aromatic heterocycles. The van der Waals surface area contributed by atoms with Gasteiger partial charge in [0, 0.05) is 5.38 Å². The minimum atomic E-state index is -1.24. The van der Waals surface area contributed by atoms with Gasteiger partial charge in [0.15, 0.2) is 11.1 Å². The Hall–Kier alpha value is -1.33. The molecule has 1 aliphatic heterocycles. The largest absolute Gasteiger partial charge is 0.391 e. The number of nitrogens with zero attached hydrogens (tertiary/aromatic N) is 2. The van der Waals surface area contributed by atoms with Crippen molar-refractivity contribution in [1.82, 2.24) is 14.8 Å². The van der Waals surface area contributed by atoms with Gasteiger partial charge in [-0.25, -0.2) is 4.79 Å². The number of aliphatic hydroxyl groups is 1. The van der Waals surface area contributed by atoms with Crippen molar-refractivity contribution in [2.24, 2.45) is 11.8 Å². The molecule has 0 radical (unpaired) electrons. The lowest BCUT2D eigenvalue weighted by Crippen LogP contribution is -2.51. The number of alkyl halides is 1. The molecular formula is C13H13Cl2N3O4. The number of nitrogens with one attached hydrogen (secondary N) is 1. The van der Waals surface area contributed by atoms with Crippen molar-refractivity contribution in [2.45, 2.75) is 36.7 Å². The van der Waals surface area contributed by atoms with Crippen LogP contribution in [0.1, 0.15) is 19.6 Å². The number of H-pyrrole nitrogens is 1. The van der Waals surface area contributed by atoms with E-state index in [9.17, 15) is 14.7 Å². The maximum absolute atomic E-state index is 12.0. The molecule has 1 saturated carbocycles. The highest BCUT2D eigenvalue weighted by Crippen LogP contribution is 2.60. The van der Waals surface area contributed by atoms with E-state index in [1.54, 1.807) is 6.92 Å². The van der Waals surface area contributed by atoms with Crippen LogP contribution in [0.4, 0.5) is 0 Å². The van der Waals surface area contributed by atoms with Gasteiger partial charge in [0.25, 0.3) is 5.56 Å². The fourth-order valence-corrected chi connectivity index (χ4v) is 3.70. The van der Waals surface area contributed by atoms with Gasteiger partial charge in [-0.1, -0.05) is 17.5 Å². The molecule has 1 aromatic rings. The van der Waals surface area contributed by atoms with E-state index in [4.69, 9.17) is 27.9 Å². The van der Waals surface area contributed by atoms with Crippen LogP contribution in [0.3, 0.4) is 0 Å². The van der Waals surface area contributed by atoms with Gasteiger partial charge < -0.3 is 9.84 Å². The summed E-state index contributed by atoms with van der Waals surface area (Å²) >= 11 is 12.1. The molecule has 6 atom stereocenters. The van der Waals surface area contributed by atoms with Gasteiger partial charge in [-0.2, -0.15) is 9.78 Å². The number of rotatable bonds is 2. The zero-order chi connectivity index (χ0) is 16.1. The lowest BCUT2D eigenvalue weighted by Gasteiger charge is -2.39. The summed E-state index contributed by atoms with van der Waals surface area (Å²) in [6, 6.07) is 0. The van der Waals surface area contributed by atoms with Crippen LogP contribution in [0.5, 0.6) is 0 Å². The Labute approximate surface area is 135 Å². The van der Waals surface area contributed by atoms with Gasteiger partial charge in [0.2, 0.25) is 0 Å². The van der Waals surface area contributed by atoms with Crippen molar-refractivity contribution in [3.63, 3.8) is 0 Å². The molecule has 1 saturated heterocycles. The summed E-state index contributed by atoms with van der Waals surface area (Å²) in [7, 11) is 0. The summed E-state index contributed by atoms with van der Waals surface area (Å²) in [5, 5.41) is 15.9. The molecule has 2 aliphatic rings. The zero-order valence-corrected chi connectivity index (χ0v) is 13.0. The third-order valence-electron chi connectivity index (χ3n) is 4.12. The van der Waals surface area contributed by atoms with E-state index in [-0.39, 0.29) is 11.8 Å². The van der Waals surface area contributed by atoms with Crippen molar-refractivity contribution in [2.75, 3.05) is 0 Å². The van der Waals surface area contributed by atoms with E-state index in [0.717, 1.165) is 10.9 Å². The van der Waals surface area contributed by atoms with E-state index in [1.807, 2.05) is 0 Å². The first kappa shape index (κ1) is 15.6. The van der Waals surface area contributed by atoms with E-state index in [0.29, 0.717) is 6.42 Å². The van der Waals surface area contributed by atoms with Crippen molar-refractivity contribution in [1.29, 1.82) is 0 Å². The first-order chi connectivity index (χ1) is 10.4. The molecule has 2 fully saturated rings. The molecule has 0 amide bonds. The Morgan fingerprint density at radius 3 is 2.95 bits per heavy atom. The summed E-state index contributed by atoms with van der Waals surface area (Å²) in [5.74, 6) is 2.65. The number of aromatic amines is 1. The first-order valence-electron chi connectivity index (χ1n) is 6.72. The molecular weight excluding hydrogens is 333 g/mol. The number of halogens is 2. The number of ether oxygens (including phenoxy) is 1. The van der Waals surface area contributed by atoms with Crippen molar-refractivity contribution < 1.29 is 9.84 Å². The summed E-state index contributed by atoms with van der Waals surface area (Å²) in [6.07, 6.45) is -0.625. The molecule has 7 nitrogen and oxygen atoms in total. The van der Waals surface area contributed by atoms with Gasteiger partial charge in [-0.3, -0.25) is 9.78 Å². The lowest BCUT2D eigenvalue weighted by atomic mass is 9.93. The Morgan fingerprint density at radius 1 is 1.64 bits per heavy atom. The molecule has 2 N–H and O–H groups in total. The second-order valence-electron chi connectivity index (χ2n) is 5.57. The highest BCUT2D eigenvalue weighted by Gasteiger charge is 2.65. The predicted octanol–water partition coefficient (Wildman–Crippen LogP) is 0.0232. The molecule has 0 aromatic carbocycles. The lowest BCUT2D eigenvalue weighted by molar-refractivity contribution is -0.150. The summed E-state index contributed by atoms with van der Waals surface area (Å²) < 4.78 is 6.74. The zero-order valence-electron chi connectivity index (χ0n) is 11.5. The second kappa shape index (κ2) is 5.39. The van der Waals surface area contributed by atoms with Crippen LogP contribution in [0, 0.1) is 23.1 Å². The van der Waals surface area contributed by atoms with E-state index in [2.05, 4.69) is 21.4 Å². The average Bonchev–Trinajstić information content (AvgIpc) is 3.21. The van der Waals surface area contributed by atoms with Crippen molar-refractivity contribution >= 4 is 23.2 Å². The minimum absolute atomic E-state index is 0.0460. The van der Waals surface area contributed by atoms with Crippen molar-refractivity contribution in [3.05, 3.63) is 27.0 Å². The van der Waals surface area contributed by atoms with Crippen molar-refractivity contribution in [3.8, 4) is 11.3 Å². The third-order valence-corrected chi connectivity index (χ3v) is 4.78. The van der Waals surface area contributed by atoms with Gasteiger partial charge in [0.1, 0.15) is 6.20 Å². The first-order valence-corrected chi connectivity index (χ1v) is 7.47. The third kappa shape index (κ3) is 2.36. The number of fused-ring (bicyclic) bond motifs is 1. The molecule has 0 bridgehead atoms. The highest BCUT2D eigenvalue weighted by molar-refractivity contribution is 6.32. The SMILES string of the molecule is C[C@H](O)C1O[C@@H](n2ncc(=O)[nH]c2=O)C(Cl)(C#CCl)C2C[C@H]12. The average molecular weight is 346 g/mol. The normalized spacial score (nSPS) is 37.6. The Bertz CT molecular complexity index is 765. The smallest absolute Gasteiger partial charge is 0.347 e. The van der Waals surface area contributed by atoms with Gasteiger partial charge in [0.05, 0.1) is 12.2 Å². The topological polar surface area (TPSA) is 97.2 Å². The maximum atomic E-state index is 12.0. The quantitative estimate of drug-likeness (QED) is 0.581. The number of aromatic nitrogens is 3. The Balaban J connectivity index is 2.09. The standard InChI is InChI=1S/C13H13Cl2N3O4/c1-6(19)10-7-4-8(7)13(15,2-3-14)11(22-10)18-12(21)17-9(20)5-16-18/h5-8,10-11,19H,4H2,1H3,(H,17,20,21)/t6-,7-,8?,10?,11+,13?/m0/s1. The maximum Gasteiger partial charge on any atom is 0.347 e. The van der Waals surface area contributed by atoms with Gasteiger partial charge in [-0.15, -0.1) is 0 Å². The molecule has 3 unspecified atom stereocenters. The van der Waals surface area contributed by atoms with Crippen LogP contribution in [-0.4, -0.2) is 37.0 Å². The molecule has 0 spiro atoms. The number of hydrogen-bond donors (Lipinski definition) is 2. The van der Waals surface area contributed by atoms with Crippen LogP contribution in [-0.2, 0) is 4.74 Å². The minimum Gasteiger partial charge on any atom is -0.391 e. The Morgan fingerprint density at radius 2 is 2.36 bits per heavy atom. The number of hydrogen-bond acceptors (Lipinski definition) is 5. The van der Waals surface area contributed by atoms with Crippen LogP contribution in [0.25, 0.3) is 0 Å². The van der Waals surface area contributed by atoms with Crippen LogP contribution < -0.4 is 11.2 Å². The van der Waals surface area contributed by atoms with Crippen LogP contribution >= 0.6 is 23.2 Å². The van der Waals surface area contributed by atoms with Crippen LogP contribution in [0.2, 0.25) is 0 Å². The monoisotopic (exact) mass is 345 g/mol. The van der Waals surface area contributed by atoms with Gasteiger partial charge >= 0.3 is 5.69 Å². The summed E-state index contributed by atoms with van der Waals surface area (Å²) in [6.45, 7) is 1.61. The highest BCUT2D eigenvalue weighted by atomic mass is 35.5. The molecule has 3 rings (SSSR count). The van der Waals surface area contributed by atoms with Crippen LogP contribution in [0.15, 0.2) is 15.8 Å². The fraction of sp³-hybridized carbons (Fsp3) is 0.615. The molecule has 2 heterocycles. The molecule has 1 aliphatic carbocycles. The van der Waals surface area contributed by atoms with E-state index >= 15 is 0 Å². The van der Waals surface area contributed by atoms with Gasteiger partial charge in [-0.05, 0) is 36.8 Å². The van der Waals surface area contributed by atoms with E-state index < -0.39 is 34.6 Å². The molecule has 118 valence electrons. The van der Waals surface area contributed by atoms with E-state index in [1.165, 1.54) is 0 Å². The second-order valence-corrected chi connectivity index (χ2v) is 6.39. The summed E-state index contributed by atoms with van der Waals surface area (Å²) in [4.78, 5) is 24.0. The fourth-order valence-electron chi connectivity index (χ4n) is 3.06.